The Hall–Kier alpha value is -3.28. The summed E-state index contributed by atoms with van der Waals surface area (Å²) in [6.45, 7) is 8.36. The van der Waals surface area contributed by atoms with Gasteiger partial charge in [-0.1, -0.05) is 47.5 Å². The van der Waals surface area contributed by atoms with Crippen molar-refractivity contribution in [2.24, 2.45) is 0 Å². The number of benzene rings is 2. The van der Waals surface area contributed by atoms with Crippen LogP contribution in [0, 0.1) is 0 Å². The van der Waals surface area contributed by atoms with Gasteiger partial charge in [0, 0.05) is 48.1 Å². The van der Waals surface area contributed by atoms with Gasteiger partial charge in [0.05, 0.1) is 35.3 Å². The first kappa shape index (κ1) is 35.2. The van der Waals surface area contributed by atoms with Crippen LogP contribution in [-0.2, 0) is 14.3 Å². The van der Waals surface area contributed by atoms with Crippen LogP contribution in [0.2, 0.25) is 10.0 Å². The van der Waals surface area contributed by atoms with E-state index < -0.39 is 29.5 Å². The lowest BCUT2D eigenvalue weighted by molar-refractivity contribution is -0.299. The number of allylic oxidation sites excluding steroid dienone is 1. The zero-order chi connectivity index (χ0) is 32.6. The molecule has 240 valence electrons. The number of ether oxygens (including phenoxy) is 3. The summed E-state index contributed by atoms with van der Waals surface area (Å²) >= 11 is 12.8. The Bertz CT molecular complexity index is 1410. The minimum atomic E-state index is -1.45. The van der Waals surface area contributed by atoms with Crippen LogP contribution in [-0.4, -0.2) is 80.6 Å². The van der Waals surface area contributed by atoms with E-state index in [1.165, 1.54) is 0 Å². The number of carbonyl (C=O) groups excluding carboxylic acids is 2. The van der Waals surface area contributed by atoms with Gasteiger partial charge in [-0.05, 0) is 58.5 Å². The van der Waals surface area contributed by atoms with Crippen LogP contribution in [0.1, 0.15) is 39.2 Å². The molecule has 3 N–H and O–H groups in total. The molecule has 0 aliphatic carbocycles. The predicted octanol–water partition coefficient (Wildman–Crippen LogP) is 3.27. The lowest BCUT2D eigenvalue weighted by Gasteiger charge is -2.37. The van der Waals surface area contributed by atoms with Crippen molar-refractivity contribution in [3.8, 4) is 11.5 Å². The molecule has 2 unspecified atom stereocenters. The molecule has 44 heavy (non-hydrogen) atoms. The molecule has 0 saturated carbocycles. The fraction of sp³-hybridized carbons (Fsp3) is 0.438. The molecule has 1 heterocycles. The Labute approximate surface area is 268 Å². The van der Waals surface area contributed by atoms with Gasteiger partial charge in [-0.25, -0.2) is 4.79 Å². The number of halogens is 2. The standard InChI is InChI=1S/C32H41Cl2N3O7/c1-7-43-31(41)26-19(2)36-23(28(30(39)40)27(26)21-11-10-12-22(33)29(21)34)16-37(5)18-32(3,4)35-15-20(38)17-44-25-14-9-8-13-24(25)42-6/h8-14,20,27,35-36,38H,7,15-18H2,1-6H3,(H,39,40)/p-1. The van der Waals surface area contributed by atoms with Gasteiger partial charge in [-0.15, -0.1) is 0 Å². The van der Waals surface area contributed by atoms with Gasteiger partial charge < -0.3 is 39.9 Å². The largest absolute Gasteiger partial charge is 0.545 e. The number of esters is 1. The summed E-state index contributed by atoms with van der Waals surface area (Å²) in [5, 5.41) is 30.1. The van der Waals surface area contributed by atoms with E-state index in [2.05, 4.69) is 10.6 Å². The fourth-order valence-corrected chi connectivity index (χ4v) is 5.65. The number of methoxy groups -OCH3 is 1. The second-order valence-electron chi connectivity index (χ2n) is 11.2. The number of nitrogens with zero attached hydrogens (tertiary/aromatic N) is 1. The summed E-state index contributed by atoms with van der Waals surface area (Å²) in [5.74, 6) is -2.07. The normalized spacial score (nSPS) is 16.1. The monoisotopic (exact) mass is 648 g/mol. The molecule has 1 aliphatic heterocycles. The van der Waals surface area contributed by atoms with Crippen molar-refractivity contribution < 1.29 is 34.0 Å². The molecule has 2 aromatic rings. The highest BCUT2D eigenvalue weighted by Crippen LogP contribution is 2.43. The van der Waals surface area contributed by atoms with E-state index in [-0.39, 0.29) is 47.5 Å². The van der Waals surface area contributed by atoms with Crippen molar-refractivity contribution in [2.75, 3.05) is 47.0 Å². The van der Waals surface area contributed by atoms with Gasteiger partial charge in [-0.3, -0.25) is 4.90 Å². The average Bonchev–Trinajstić information content (AvgIpc) is 2.95. The van der Waals surface area contributed by atoms with E-state index in [1.54, 1.807) is 51.3 Å². The van der Waals surface area contributed by atoms with E-state index in [0.29, 0.717) is 35.0 Å². The van der Waals surface area contributed by atoms with Crippen LogP contribution in [0.5, 0.6) is 11.5 Å². The molecule has 0 saturated heterocycles. The van der Waals surface area contributed by atoms with Gasteiger partial charge in [0.1, 0.15) is 12.7 Å². The third kappa shape index (κ3) is 8.89. The molecule has 0 aromatic heterocycles. The van der Waals surface area contributed by atoms with Gasteiger partial charge in [-0.2, -0.15) is 0 Å². The molecule has 1 aliphatic rings. The highest BCUT2D eigenvalue weighted by atomic mass is 35.5. The van der Waals surface area contributed by atoms with Gasteiger partial charge in [0.15, 0.2) is 11.5 Å². The number of hydrogen-bond donors (Lipinski definition) is 3. The number of carboxylic acids is 1. The van der Waals surface area contributed by atoms with Crippen molar-refractivity contribution in [1.82, 2.24) is 15.5 Å². The molecule has 0 bridgehead atoms. The number of aliphatic hydroxyl groups is 1. The van der Waals surface area contributed by atoms with Crippen LogP contribution < -0.4 is 25.2 Å². The number of β-amino-alcohol motifs (C(OH)–C–C–N with tert-alkyl or cyclic N) is 1. The summed E-state index contributed by atoms with van der Waals surface area (Å²) in [5.41, 5.74) is 0.632. The van der Waals surface area contributed by atoms with Crippen molar-refractivity contribution in [3.05, 3.63) is 80.6 Å². The minimum absolute atomic E-state index is 0.0624. The number of carboxylic acid groups (broad SMARTS) is 1. The Balaban J connectivity index is 1.77. The lowest BCUT2D eigenvalue weighted by Crippen LogP contribution is -2.52. The third-order valence-electron chi connectivity index (χ3n) is 7.06. The fourth-order valence-electron chi connectivity index (χ4n) is 5.23. The van der Waals surface area contributed by atoms with E-state index in [1.807, 2.05) is 37.9 Å². The maximum atomic E-state index is 13.1. The lowest BCUT2D eigenvalue weighted by atomic mass is 9.80. The van der Waals surface area contributed by atoms with Gasteiger partial charge >= 0.3 is 5.97 Å². The van der Waals surface area contributed by atoms with Crippen LogP contribution in [0.15, 0.2) is 65.0 Å². The highest BCUT2D eigenvalue weighted by Gasteiger charge is 2.37. The average molecular weight is 650 g/mol. The molecule has 0 amide bonds. The molecule has 2 aromatic carbocycles. The molecular formula is C32H40Cl2N3O7-. The molecule has 10 nitrogen and oxygen atoms in total. The highest BCUT2D eigenvalue weighted by molar-refractivity contribution is 6.42. The summed E-state index contributed by atoms with van der Waals surface area (Å²) < 4.78 is 16.3. The van der Waals surface area contributed by atoms with E-state index in [9.17, 15) is 19.8 Å². The summed E-state index contributed by atoms with van der Waals surface area (Å²) in [6.07, 6.45) is -0.797. The number of likely N-dealkylation sites (N-methyl/N-ethyl adjacent to an activating group) is 1. The molecule has 3 rings (SSSR count). The number of nitrogens with one attached hydrogen (secondary N) is 2. The number of hydrogen-bond acceptors (Lipinski definition) is 10. The Morgan fingerprint density at radius 1 is 1.14 bits per heavy atom. The van der Waals surface area contributed by atoms with Crippen LogP contribution in [0.3, 0.4) is 0 Å². The summed E-state index contributed by atoms with van der Waals surface area (Å²) in [4.78, 5) is 27.7. The number of aliphatic hydroxyl groups excluding tert-OH is 1. The maximum Gasteiger partial charge on any atom is 0.336 e. The third-order valence-corrected chi connectivity index (χ3v) is 7.90. The van der Waals surface area contributed by atoms with Gasteiger partial charge in [0.2, 0.25) is 0 Å². The first-order valence-electron chi connectivity index (χ1n) is 14.2. The first-order valence-corrected chi connectivity index (χ1v) is 15.0. The number of dihydropyridines is 1. The second-order valence-corrected chi connectivity index (χ2v) is 12.0. The molecule has 0 radical (unpaired) electrons. The SMILES string of the molecule is CCOC(=O)C1=C(C)NC(CN(C)CC(C)(C)NCC(O)COc2ccccc2OC)=C(C(=O)[O-])C1c1cccc(Cl)c1Cl. The van der Waals surface area contributed by atoms with E-state index in [4.69, 9.17) is 37.4 Å². The smallest absolute Gasteiger partial charge is 0.336 e. The number of aliphatic carboxylic acids is 1. The predicted molar refractivity (Wildman–Crippen MR) is 168 cm³/mol. The Morgan fingerprint density at radius 2 is 1.82 bits per heavy atom. The van der Waals surface area contributed by atoms with Crippen LogP contribution in [0.4, 0.5) is 0 Å². The summed E-state index contributed by atoms with van der Waals surface area (Å²) in [6, 6.07) is 12.1. The quantitative estimate of drug-likeness (QED) is 0.247. The molecular weight excluding hydrogens is 609 g/mol. The molecule has 12 heteroatoms. The number of rotatable bonds is 15. The van der Waals surface area contributed by atoms with Crippen molar-refractivity contribution in [3.63, 3.8) is 0 Å². The van der Waals surface area contributed by atoms with E-state index in [0.717, 1.165) is 0 Å². The van der Waals surface area contributed by atoms with Crippen molar-refractivity contribution >= 4 is 35.1 Å². The second kappa shape index (κ2) is 15.6. The first-order chi connectivity index (χ1) is 20.8. The minimum Gasteiger partial charge on any atom is -0.545 e. The topological polar surface area (TPSA) is 132 Å². The van der Waals surface area contributed by atoms with Crippen molar-refractivity contribution in [2.45, 2.75) is 45.3 Å². The maximum absolute atomic E-state index is 13.1. The summed E-state index contributed by atoms with van der Waals surface area (Å²) in [7, 11) is 3.39. The van der Waals surface area contributed by atoms with Crippen molar-refractivity contribution in [1.29, 1.82) is 0 Å². The zero-order valence-corrected chi connectivity index (χ0v) is 27.3. The Morgan fingerprint density at radius 3 is 2.45 bits per heavy atom. The van der Waals surface area contributed by atoms with Crippen LogP contribution in [0.25, 0.3) is 0 Å². The zero-order valence-electron chi connectivity index (χ0n) is 25.8. The number of carbonyl (C=O) groups is 2. The Kier molecular flexibility index (Phi) is 12.5. The molecule has 2 atom stereocenters. The molecule has 0 spiro atoms. The van der Waals surface area contributed by atoms with Gasteiger partial charge in [0.25, 0.3) is 0 Å². The molecule has 0 fully saturated rings. The number of para-hydroxylation sites is 2. The van der Waals surface area contributed by atoms with E-state index >= 15 is 0 Å². The van der Waals surface area contributed by atoms with Crippen LogP contribution >= 0.6 is 23.2 Å².